The lowest BCUT2D eigenvalue weighted by Crippen LogP contribution is -2.60. The molecule has 72 heavy (non-hydrogen) atoms. The van der Waals surface area contributed by atoms with Crippen molar-refractivity contribution >= 4 is 5.91 Å². The van der Waals surface area contributed by atoms with Crippen LogP contribution in [0.4, 0.5) is 0 Å². The summed E-state index contributed by atoms with van der Waals surface area (Å²) in [6.45, 7) is 3.77. The summed E-state index contributed by atoms with van der Waals surface area (Å²) in [7, 11) is 0. The Balaban J connectivity index is 2.05. The third-order valence-electron chi connectivity index (χ3n) is 14.9. The molecular formula is C63H119NO8. The third-order valence-corrected chi connectivity index (χ3v) is 14.9. The molecule has 1 aliphatic rings. The summed E-state index contributed by atoms with van der Waals surface area (Å²) in [4.78, 5) is 13.0. The molecule has 1 heterocycles. The van der Waals surface area contributed by atoms with Crippen LogP contribution in [-0.4, -0.2) is 87.5 Å². The molecule has 6 N–H and O–H groups in total. The van der Waals surface area contributed by atoms with Crippen molar-refractivity contribution in [2.24, 2.45) is 0 Å². The van der Waals surface area contributed by atoms with E-state index in [1.807, 2.05) is 6.08 Å². The number of hydrogen-bond donors (Lipinski definition) is 6. The summed E-state index contributed by atoms with van der Waals surface area (Å²) in [5.41, 5.74) is 0. The molecule has 1 saturated heterocycles. The van der Waals surface area contributed by atoms with Gasteiger partial charge in [0, 0.05) is 6.42 Å². The van der Waals surface area contributed by atoms with Gasteiger partial charge < -0.3 is 40.3 Å². The van der Waals surface area contributed by atoms with Gasteiger partial charge >= 0.3 is 0 Å². The molecule has 9 nitrogen and oxygen atoms in total. The number of aliphatic hydroxyl groups excluding tert-OH is 5. The molecule has 0 bridgehead atoms. The number of rotatable bonds is 54. The fraction of sp³-hybridized carbons (Fsp3) is 0.889. The fourth-order valence-electron chi connectivity index (χ4n) is 9.99. The molecule has 0 aromatic rings. The number of hydrogen-bond acceptors (Lipinski definition) is 8. The molecule has 424 valence electrons. The van der Waals surface area contributed by atoms with E-state index in [9.17, 15) is 30.3 Å². The highest BCUT2D eigenvalue weighted by molar-refractivity contribution is 5.76. The first kappa shape index (κ1) is 68.4. The maximum absolute atomic E-state index is 13.0. The molecule has 1 fully saturated rings. The second-order valence-electron chi connectivity index (χ2n) is 21.8. The van der Waals surface area contributed by atoms with Gasteiger partial charge in [-0.25, -0.2) is 0 Å². The van der Waals surface area contributed by atoms with E-state index in [0.29, 0.717) is 6.42 Å². The Hall–Kier alpha value is -1.59. The molecule has 0 aromatic carbocycles. The van der Waals surface area contributed by atoms with Crippen LogP contribution in [0.2, 0.25) is 0 Å². The highest BCUT2D eigenvalue weighted by Crippen LogP contribution is 2.23. The average molecular weight is 1020 g/mol. The predicted octanol–water partition coefficient (Wildman–Crippen LogP) is 15.9. The summed E-state index contributed by atoms with van der Waals surface area (Å²) in [6.07, 6.45) is 62.6. The monoisotopic (exact) mass is 1020 g/mol. The number of ether oxygens (including phenoxy) is 2. The Labute approximate surface area is 444 Å². The van der Waals surface area contributed by atoms with Gasteiger partial charge in [0.05, 0.1) is 25.4 Å². The minimum atomic E-state index is -1.57. The molecule has 0 radical (unpaired) electrons. The smallest absolute Gasteiger partial charge is 0.220 e. The van der Waals surface area contributed by atoms with Crippen LogP contribution in [0.1, 0.15) is 303 Å². The second-order valence-corrected chi connectivity index (χ2v) is 21.8. The van der Waals surface area contributed by atoms with Crippen LogP contribution < -0.4 is 5.32 Å². The number of unbranched alkanes of at least 4 members (excludes halogenated alkanes) is 40. The first-order chi connectivity index (χ1) is 35.3. The lowest BCUT2D eigenvalue weighted by Gasteiger charge is -2.40. The van der Waals surface area contributed by atoms with E-state index >= 15 is 0 Å². The van der Waals surface area contributed by atoms with Crippen molar-refractivity contribution in [1.29, 1.82) is 0 Å². The summed E-state index contributed by atoms with van der Waals surface area (Å²) >= 11 is 0. The molecule has 0 aliphatic carbocycles. The van der Waals surface area contributed by atoms with Crippen molar-refractivity contribution in [3.63, 3.8) is 0 Å². The van der Waals surface area contributed by atoms with E-state index in [4.69, 9.17) is 9.47 Å². The van der Waals surface area contributed by atoms with E-state index in [1.165, 1.54) is 244 Å². The van der Waals surface area contributed by atoms with Crippen LogP contribution >= 0.6 is 0 Å². The Morgan fingerprint density at radius 1 is 0.458 bits per heavy atom. The average Bonchev–Trinajstić information content (AvgIpc) is 3.38. The molecule has 0 spiro atoms. The lowest BCUT2D eigenvalue weighted by molar-refractivity contribution is -0.302. The van der Waals surface area contributed by atoms with Crippen molar-refractivity contribution in [1.82, 2.24) is 5.32 Å². The first-order valence-corrected chi connectivity index (χ1v) is 31.2. The van der Waals surface area contributed by atoms with Gasteiger partial charge in [-0.05, 0) is 57.8 Å². The van der Waals surface area contributed by atoms with Crippen molar-refractivity contribution < 1.29 is 39.8 Å². The van der Waals surface area contributed by atoms with Crippen molar-refractivity contribution in [3.8, 4) is 0 Å². The van der Waals surface area contributed by atoms with Crippen LogP contribution in [-0.2, 0) is 14.3 Å². The maximum atomic E-state index is 13.0. The zero-order valence-corrected chi connectivity index (χ0v) is 47.2. The maximum Gasteiger partial charge on any atom is 0.220 e. The van der Waals surface area contributed by atoms with Crippen molar-refractivity contribution in [2.75, 3.05) is 13.2 Å². The van der Waals surface area contributed by atoms with Gasteiger partial charge in [-0.3, -0.25) is 4.79 Å². The quantitative estimate of drug-likeness (QED) is 0.0261. The Morgan fingerprint density at radius 3 is 1.17 bits per heavy atom. The van der Waals surface area contributed by atoms with E-state index in [1.54, 1.807) is 6.08 Å². The van der Waals surface area contributed by atoms with Gasteiger partial charge in [-0.2, -0.15) is 0 Å². The zero-order chi connectivity index (χ0) is 52.2. The van der Waals surface area contributed by atoms with Crippen LogP contribution in [0, 0.1) is 0 Å². The van der Waals surface area contributed by atoms with Gasteiger partial charge in [0.2, 0.25) is 5.91 Å². The van der Waals surface area contributed by atoms with Crippen LogP contribution in [0.3, 0.4) is 0 Å². The third kappa shape index (κ3) is 41.6. The molecule has 7 atom stereocenters. The molecule has 7 unspecified atom stereocenters. The van der Waals surface area contributed by atoms with E-state index in [2.05, 4.69) is 43.5 Å². The second kappa shape index (κ2) is 52.8. The van der Waals surface area contributed by atoms with Gasteiger partial charge in [-0.1, -0.05) is 275 Å². The minimum Gasteiger partial charge on any atom is -0.394 e. The normalized spacial score (nSPS) is 19.3. The number of carbonyl (C=O) groups is 1. The van der Waals surface area contributed by atoms with Crippen molar-refractivity contribution in [3.05, 3.63) is 36.5 Å². The molecule has 1 rings (SSSR count). The number of aliphatic hydroxyl groups is 5. The number of amides is 1. The SMILES string of the molecule is CCCCCCCC/C=C/CC/C=C/C(O)C(COC1OC(CO)C(O)C(O)C1O)NC(=O)CCCCCCCCCCCCCCCCCCC/C=C\CCCCCCCCCCCCCCCCCC. The van der Waals surface area contributed by atoms with E-state index < -0.39 is 49.5 Å². The fourth-order valence-corrected chi connectivity index (χ4v) is 9.99. The molecular weight excluding hydrogens is 899 g/mol. The lowest BCUT2D eigenvalue weighted by atomic mass is 9.99. The zero-order valence-electron chi connectivity index (χ0n) is 47.2. The Morgan fingerprint density at radius 2 is 0.792 bits per heavy atom. The highest BCUT2D eigenvalue weighted by Gasteiger charge is 2.44. The van der Waals surface area contributed by atoms with E-state index in [-0.39, 0.29) is 12.5 Å². The van der Waals surface area contributed by atoms with Crippen LogP contribution in [0.15, 0.2) is 36.5 Å². The van der Waals surface area contributed by atoms with Crippen LogP contribution in [0.5, 0.6) is 0 Å². The summed E-state index contributed by atoms with van der Waals surface area (Å²) < 4.78 is 11.2. The highest BCUT2D eigenvalue weighted by atomic mass is 16.7. The topological polar surface area (TPSA) is 149 Å². The largest absolute Gasteiger partial charge is 0.394 e. The van der Waals surface area contributed by atoms with Gasteiger partial charge in [0.25, 0.3) is 0 Å². The Bertz CT molecular complexity index is 1230. The molecule has 9 heteroatoms. The molecule has 1 amide bonds. The standard InChI is InChI=1S/C63H119NO8/c1-3-5-7-9-11-13-15-17-18-19-20-21-22-23-24-25-26-27-28-29-30-31-32-33-34-35-36-37-38-39-40-41-43-45-47-49-51-53-59(67)64-56(55-71-63-62(70)61(69)60(68)58(54-65)72-63)57(66)52-50-48-46-44-42-16-14-12-10-8-6-4-2/h27-28,42,44,50,52,56-58,60-63,65-66,68-70H,3-26,29-41,43,45-49,51,53-55H2,1-2H3,(H,64,67)/b28-27-,44-42+,52-50+. The first-order valence-electron chi connectivity index (χ1n) is 31.2. The van der Waals surface area contributed by atoms with Gasteiger partial charge in [0.15, 0.2) is 6.29 Å². The summed E-state index contributed by atoms with van der Waals surface area (Å²) in [5, 5.41) is 54.3. The molecule has 0 saturated carbocycles. The number of allylic oxidation sites excluding steroid dienone is 5. The minimum absolute atomic E-state index is 0.184. The molecule has 1 aliphatic heterocycles. The van der Waals surface area contributed by atoms with Gasteiger partial charge in [-0.15, -0.1) is 0 Å². The Kier molecular flexibility index (Phi) is 50.2. The van der Waals surface area contributed by atoms with Gasteiger partial charge in [0.1, 0.15) is 24.4 Å². The van der Waals surface area contributed by atoms with Crippen LogP contribution in [0.25, 0.3) is 0 Å². The van der Waals surface area contributed by atoms with Crippen molar-refractivity contribution in [2.45, 2.75) is 346 Å². The predicted molar refractivity (Wildman–Crippen MR) is 304 cm³/mol. The summed E-state index contributed by atoms with van der Waals surface area (Å²) in [5.74, 6) is -0.184. The number of nitrogens with one attached hydrogen (secondary N) is 1. The van der Waals surface area contributed by atoms with E-state index in [0.717, 1.165) is 38.5 Å². The number of carbonyl (C=O) groups excluding carboxylic acids is 1. The summed E-state index contributed by atoms with van der Waals surface area (Å²) in [6, 6.07) is -0.819. The molecule has 0 aromatic heterocycles.